The van der Waals surface area contributed by atoms with E-state index < -0.39 is 49.2 Å². The summed E-state index contributed by atoms with van der Waals surface area (Å²) in [4.78, 5) is 13.1. The highest BCUT2D eigenvalue weighted by atomic mass is 35.5. The molecule has 2 atom stereocenters. The Morgan fingerprint density at radius 2 is 1.67 bits per heavy atom. The number of hydrogen-bond donors (Lipinski definition) is 3. The molecular weight excluding hydrogens is 569 g/mol. The van der Waals surface area contributed by atoms with Crippen molar-refractivity contribution in [1.82, 2.24) is 15.0 Å². The van der Waals surface area contributed by atoms with Gasteiger partial charge in [-0.3, -0.25) is 0 Å². The van der Waals surface area contributed by atoms with Gasteiger partial charge in [0.2, 0.25) is 0 Å². The highest BCUT2D eigenvalue weighted by molar-refractivity contribution is 7.93. The molecule has 1 heterocycles. The van der Waals surface area contributed by atoms with Gasteiger partial charge in [-0.25, -0.2) is 27.8 Å². The van der Waals surface area contributed by atoms with Crippen LogP contribution in [-0.2, 0) is 24.8 Å². The third-order valence-corrected chi connectivity index (χ3v) is 9.43. The quantitative estimate of drug-likeness (QED) is 0.367. The molecule has 3 aromatic carbocycles. The Hall–Kier alpha value is -3.36. The third-order valence-electron chi connectivity index (χ3n) is 6.08. The van der Waals surface area contributed by atoms with Crippen LogP contribution in [0.25, 0.3) is 0 Å². The number of sulfone groups is 1. The van der Waals surface area contributed by atoms with Crippen LogP contribution < -0.4 is 15.2 Å². The molecule has 0 spiro atoms. The molecule has 1 aliphatic rings. The number of nitrogens with zero attached hydrogens (tertiary/aromatic N) is 2. The van der Waals surface area contributed by atoms with Gasteiger partial charge in [0.15, 0.2) is 14.6 Å². The second kappa shape index (κ2) is 11.0. The van der Waals surface area contributed by atoms with Gasteiger partial charge in [-0.2, -0.15) is 18.2 Å². The second-order valence-corrected chi connectivity index (χ2v) is 12.9. The number of urea groups is 1. The first-order chi connectivity index (χ1) is 18.3. The molecule has 0 aromatic heterocycles. The zero-order chi connectivity index (χ0) is 28.4. The lowest BCUT2D eigenvalue weighted by atomic mass is 9.89. The number of nitrogens with one attached hydrogen (secondary N) is 2. The van der Waals surface area contributed by atoms with E-state index >= 15 is 0 Å². The van der Waals surface area contributed by atoms with E-state index in [0.29, 0.717) is 10.6 Å². The number of hydrogen-bond acceptors (Lipinski definition) is 6. The van der Waals surface area contributed by atoms with Crippen molar-refractivity contribution < 1.29 is 26.0 Å². The second-order valence-electron chi connectivity index (χ2n) is 8.91. The Morgan fingerprint density at radius 3 is 2.26 bits per heavy atom. The minimum Gasteiger partial charge on any atom is -0.335 e. The molecule has 0 bridgehead atoms. The molecule has 0 aliphatic carbocycles. The first-order valence-electron chi connectivity index (χ1n) is 11.6. The molecule has 14 heteroatoms. The summed E-state index contributed by atoms with van der Waals surface area (Å²) >= 11 is 6.01. The molecule has 0 radical (unpaired) electrons. The number of carbonyl (C=O) groups excluding carboxylic acids is 1. The van der Waals surface area contributed by atoms with Crippen molar-refractivity contribution in [2.45, 2.75) is 22.6 Å². The Bertz CT molecular complexity index is 1600. The van der Waals surface area contributed by atoms with E-state index in [-0.39, 0.29) is 22.7 Å². The van der Waals surface area contributed by atoms with E-state index in [2.05, 4.69) is 15.1 Å². The number of hydrazone groups is 1. The fourth-order valence-corrected chi connectivity index (χ4v) is 7.13. The summed E-state index contributed by atoms with van der Waals surface area (Å²) < 4.78 is 65.6. The number of nitrogens with two attached hydrogens (primary N) is 1. The van der Waals surface area contributed by atoms with Crippen molar-refractivity contribution in [1.29, 1.82) is 0 Å². The number of carbonyl (C=O) groups is 1. The molecule has 206 valence electrons. The maximum atomic E-state index is 14.5. The van der Waals surface area contributed by atoms with Crippen LogP contribution in [0.2, 0.25) is 5.02 Å². The molecule has 0 saturated heterocycles. The summed E-state index contributed by atoms with van der Waals surface area (Å²) in [5.74, 6) is -0.533. The summed E-state index contributed by atoms with van der Waals surface area (Å²) in [6.45, 7) is 0.911. The minimum atomic E-state index is -4.31. The van der Waals surface area contributed by atoms with E-state index in [4.69, 9.17) is 16.7 Å². The van der Waals surface area contributed by atoms with E-state index in [0.717, 1.165) is 5.01 Å². The number of rotatable bonds is 8. The van der Waals surface area contributed by atoms with Crippen LogP contribution in [0.3, 0.4) is 0 Å². The normalized spacial score (nSPS) is 18.5. The Balaban J connectivity index is 1.84. The van der Waals surface area contributed by atoms with Crippen LogP contribution in [0.5, 0.6) is 0 Å². The first-order valence-corrected chi connectivity index (χ1v) is 15.0. The molecule has 4 rings (SSSR count). The van der Waals surface area contributed by atoms with Gasteiger partial charge < -0.3 is 5.32 Å². The summed E-state index contributed by atoms with van der Waals surface area (Å²) in [6.07, 6.45) is 0. The number of benzene rings is 3. The average Bonchev–Trinajstić information content (AvgIpc) is 3.30. The maximum Gasteiger partial charge on any atom is 0.337 e. The predicted molar refractivity (Wildman–Crippen MR) is 146 cm³/mol. The molecular formula is C25H25ClFN5O5S2. The van der Waals surface area contributed by atoms with E-state index in [1.807, 2.05) is 0 Å². The SMILES string of the molecule is C[C@H](CNC(=O)N1CC(c2ccccc2)(S(=O)(=O)c2ccc(Cl)cc2)C(c2ccc(F)cc2)=N1)NS(N)(=O)=O. The number of amides is 2. The molecule has 39 heavy (non-hydrogen) atoms. The molecule has 10 nitrogen and oxygen atoms in total. The Morgan fingerprint density at radius 1 is 1.05 bits per heavy atom. The van der Waals surface area contributed by atoms with Gasteiger partial charge in [0.1, 0.15) is 5.82 Å². The average molecular weight is 594 g/mol. The van der Waals surface area contributed by atoms with Crippen LogP contribution in [0.4, 0.5) is 9.18 Å². The van der Waals surface area contributed by atoms with Crippen molar-refractivity contribution in [3.63, 3.8) is 0 Å². The summed E-state index contributed by atoms with van der Waals surface area (Å²) in [6, 6.07) is 17.5. The van der Waals surface area contributed by atoms with Gasteiger partial charge >= 0.3 is 6.03 Å². The zero-order valence-corrected chi connectivity index (χ0v) is 23.0. The monoisotopic (exact) mass is 593 g/mol. The van der Waals surface area contributed by atoms with Gasteiger partial charge in [-0.1, -0.05) is 54.1 Å². The highest BCUT2D eigenvalue weighted by Crippen LogP contribution is 2.43. The Labute approximate surface area is 230 Å². The van der Waals surface area contributed by atoms with E-state index in [1.165, 1.54) is 55.5 Å². The highest BCUT2D eigenvalue weighted by Gasteiger charge is 2.56. The van der Waals surface area contributed by atoms with Crippen LogP contribution in [0, 0.1) is 5.82 Å². The van der Waals surface area contributed by atoms with Crippen LogP contribution in [0.15, 0.2) is 88.9 Å². The van der Waals surface area contributed by atoms with Crippen molar-refractivity contribution in [2.75, 3.05) is 13.1 Å². The fourth-order valence-electron chi connectivity index (χ4n) is 4.31. The smallest absolute Gasteiger partial charge is 0.335 e. The van der Waals surface area contributed by atoms with E-state index in [1.54, 1.807) is 30.3 Å². The standard InChI is InChI=1S/C25H25ClFN5O5S2/c1-17(31-39(28,36)37)15-29-24(33)32-16-25(19-5-3-2-4-6-19,23(30-32)18-7-11-21(27)12-8-18)38(34,35)22-13-9-20(26)10-14-22/h2-14,17,31H,15-16H2,1H3,(H,29,33)(H2,28,36,37)/t17-,25?/m1/s1. The Kier molecular flexibility index (Phi) is 8.09. The van der Waals surface area contributed by atoms with Gasteiger partial charge in [0.05, 0.1) is 17.2 Å². The lowest BCUT2D eigenvalue weighted by Gasteiger charge is -2.31. The fraction of sp³-hybridized carbons (Fsp3) is 0.200. The number of halogens is 2. The molecule has 0 fully saturated rings. The van der Waals surface area contributed by atoms with Crippen molar-refractivity contribution in [3.8, 4) is 0 Å². The largest absolute Gasteiger partial charge is 0.337 e. The van der Waals surface area contributed by atoms with Crippen LogP contribution >= 0.6 is 11.6 Å². The molecule has 1 aliphatic heterocycles. The summed E-state index contributed by atoms with van der Waals surface area (Å²) in [5.41, 5.74) is 0.634. The van der Waals surface area contributed by atoms with Crippen molar-refractivity contribution in [2.24, 2.45) is 10.2 Å². The minimum absolute atomic E-state index is 0.00881. The van der Waals surface area contributed by atoms with Gasteiger partial charge in [-0.15, -0.1) is 0 Å². The first kappa shape index (κ1) is 28.6. The third kappa shape index (κ3) is 5.97. The predicted octanol–water partition coefficient (Wildman–Crippen LogP) is 2.76. The van der Waals surface area contributed by atoms with Gasteiger partial charge in [0.25, 0.3) is 10.2 Å². The van der Waals surface area contributed by atoms with Crippen LogP contribution in [-0.4, -0.2) is 52.7 Å². The van der Waals surface area contributed by atoms with Gasteiger partial charge in [0, 0.05) is 23.2 Å². The van der Waals surface area contributed by atoms with Gasteiger partial charge in [-0.05, 0) is 48.9 Å². The molecule has 1 unspecified atom stereocenters. The molecule has 3 aromatic rings. The zero-order valence-electron chi connectivity index (χ0n) is 20.6. The van der Waals surface area contributed by atoms with Crippen molar-refractivity contribution in [3.05, 3.63) is 101 Å². The molecule has 2 amide bonds. The summed E-state index contributed by atoms with van der Waals surface area (Å²) in [7, 11) is -8.32. The van der Waals surface area contributed by atoms with Crippen molar-refractivity contribution >= 4 is 43.4 Å². The molecule has 4 N–H and O–H groups in total. The lowest BCUT2D eigenvalue weighted by Crippen LogP contribution is -2.50. The van der Waals surface area contributed by atoms with Crippen LogP contribution in [0.1, 0.15) is 18.1 Å². The lowest BCUT2D eigenvalue weighted by molar-refractivity contribution is 0.202. The summed E-state index contributed by atoms with van der Waals surface area (Å²) in [5, 5.41) is 13.3. The van der Waals surface area contributed by atoms with E-state index in [9.17, 15) is 26.0 Å². The molecule has 0 saturated carbocycles. The maximum absolute atomic E-state index is 14.5. The topological polar surface area (TPSA) is 151 Å².